The molecule has 12 heteroatoms. The van der Waals surface area contributed by atoms with Gasteiger partial charge in [-0.2, -0.15) is 4.31 Å². The molecule has 2 saturated carbocycles. The number of ether oxygens (including phenoxy) is 2. The van der Waals surface area contributed by atoms with Gasteiger partial charge in [0.1, 0.15) is 11.9 Å². The lowest BCUT2D eigenvalue weighted by molar-refractivity contribution is -0.384. The molecule has 1 aliphatic heterocycles. The highest BCUT2D eigenvalue weighted by Crippen LogP contribution is 2.60. The molecular weight excluding hydrogens is 516 g/mol. The molecule has 4 rings (SSSR count). The van der Waals surface area contributed by atoms with Crippen LogP contribution in [0.15, 0.2) is 29.2 Å². The van der Waals surface area contributed by atoms with Crippen molar-refractivity contribution in [3.8, 4) is 0 Å². The van der Waals surface area contributed by atoms with Gasteiger partial charge in [0.15, 0.2) is 0 Å². The van der Waals surface area contributed by atoms with E-state index in [9.17, 15) is 32.9 Å². The molecule has 11 nitrogen and oxygen atoms in total. The molecule has 0 radical (unpaired) electrons. The number of hydrogen-bond donors (Lipinski definition) is 0. The molecule has 3 fully saturated rings. The Bertz CT molecular complexity index is 1200. The standard InChI is InChI=1S/C26H34N2O9S/c1-17(29)36-16-19-13-20-15-24(37-18(2)30)23-5-3-11-27(12-4-10-26(20,23)25(31)14-19)38(34,35)22-8-6-21(7-9-22)28(32)33/h6-9,19-20,23-24H,3-5,10-16H2,1-2H3/t19?,20-,23+,24-,26?/m0/s1. The Balaban J connectivity index is 1.58. The van der Waals surface area contributed by atoms with Crippen molar-refractivity contribution in [3.05, 3.63) is 34.4 Å². The topological polar surface area (TPSA) is 150 Å². The summed E-state index contributed by atoms with van der Waals surface area (Å²) in [5.74, 6) is -1.06. The van der Waals surface area contributed by atoms with Crippen LogP contribution < -0.4 is 0 Å². The predicted octanol–water partition coefficient (Wildman–Crippen LogP) is 3.26. The zero-order chi connectivity index (χ0) is 27.7. The van der Waals surface area contributed by atoms with Crippen molar-refractivity contribution in [2.75, 3.05) is 19.7 Å². The van der Waals surface area contributed by atoms with Crippen LogP contribution >= 0.6 is 0 Å². The third-order valence-corrected chi connectivity index (χ3v) is 10.3. The van der Waals surface area contributed by atoms with Gasteiger partial charge in [0.05, 0.1) is 16.4 Å². The third kappa shape index (κ3) is 5.47. The number of nitro benzene ring substituents is 1. The van der Waals surface area contributed by atoms with Gasteiger partial charge in [0.2, 0.25) is 10.0 Å². The maximum Gasteiger partial charge on any atom is 0.302 e. The second-order valence-corrected chi connectivity index (χ2v) is 12.6. The van der Waals surface area contributed by atoms with Crippen LogP contribution in [0, 0.1) is 33.3 Å². The Morgan fingerprint density at radius 2 is 1.79 bits per heavy atom. The van der Waals surface area contributed by atoms with Crippen LogP contribution in [0.4, 0.5) is 5.69 Å². The smallest absolute Gasteiger partial charge is 0.302 e. The van der Waals surface area contributed by atoms with E-state index in [1.165, 1.54) is 42.4 Å². The summed E-state index contributed by atoms with van der Waals surface area (Å²) in [5.41, 5.74) is -0.898. The fourth-order valence-electron chi connectivity index (χ4n) is 6.92. The molecule has 3 aliphatic rings. The number of benzene rings is 1. The predicted molar refractivity (Wildman–Crippen MR) is 134 cm³/mol. The van der Waals surface area contributed by atoms with E-state index in [1.807, 2.05) is 0 Å². The van der Waals surface area contributed by atoms with E-state index in [0.717, 1.165) is 0 Å². The minimum Gasteiger partial charge on any atom is -0.466 e. The average molecular weight is 551 g/mol. The van der Waals surface area contributed by atoms with Crippen LogP contribution in [-0.2, 0) is 33.9 Å². The lowest BCUT2D eigenvalue weighted by atomic mass is 9.58. The molecule has 1 aromatic carbocycles. The fourth-order valence-corrected chi connectivity index (χ4v) is 8.44. The minimum absolute atomic E-state index is 0.0153. The minimum atomic E-state index is -3.89. The lowest BCUT2D eigenvalue weighted by Gasteiger charge is -2.44. The van der Waals surface area contributed by atoms with E-state index in [2.05, 4.69) is 0 Å². The summed E-state index contributed by atoms with van der Waals surface area (Å²) in [6.07, 6.45) is 3.03. The van der Waals surface area contributed by atoms with Gasteiger partial charge < -0.3 is 9.47 Å². The highest BCUT2D eigenvalue weighted by molar-refractivity contribution is 7.89. The number of nitro groups is 1. The van der Waals surface area contributed by atoms with Crippen molar-refractivity contribution < 1.29 is 37.2 Å². The summed E-state index contributed by atoms with van der Waals surface area (Å²) >= 11 is 0. The number of carbonyl (C=O) groups excluding carboxylic acids is 3. The number of esters is 2. The molecule has 0 amide bonds. The average Bonchev–Trinajstić information content (AvgIpc) is 3.18. The zero-order valence-electron chi connectivity index (χ0n) is 21.7. The first-order chi connectivity index (χ1) is 17.9. The summed E-state index contributed by atoms with van der Waals surface area (Å²) in [6.45, 7) is 3.31. The molecule has 1 heterocycles. The maximum absolute atomic E-state index is 13.8. The monoisotopic (exact) mass is 550 g/mol. The molecule has 1 saturated heterocycles. The van der Waals surface area contributed by atoms with Crippen molar-refractivity contribution in [1.82, 2.24) is 4.31 Å². The maximum atomic E-state index is 13.8. The van der Waals surface area contributed by atoms with Crippen LogP contribution in [0.2, 0.25) is 0 Å². The van der Waals surface area contributed by atoms with Gasteiger partial charge in [-0.1, -0.05) is 0 Å². The first-order valence-electron chi connectivity index (χ1n) is 13.0. The van der Waals surface area contributed by atoms with E-state index in [-0.39, 0.29) is 60.2 Å². The molecule has 1 aromatic rings. The molecule has 208 valence electrons. The quantitative estimate of drug-likeness (QED) is 0.295. The molecule has 0 aromatic heterocycles. The molecule has 38 heavy (non-hydrogen) atoms. The van der Waals surface area contributed by atoms with Gasteiger partial charge in [-0.3, -0.25) is 24.5 Å². The van der Waals surface area contributed by atoms with Crippen LogP contribution in [0.25, 0.3) is 0 Å². The lowest BCUT2D eigenvalue weighted by Crippen LogP contribution is -2.47. The number of non-ortho nitro benzene ring substituents is 1. The van der Waals surface area contributed by atoms with Gasteiger partial charge in [-0.15, -0.1) is 0 Å². The first kappa shape index (κ1) is 28.2. The number of carbonyl (C=O) groups is 3. The summed E-state index contributed by atoms with van der Waals surface area (Å²) in [6, 6.07) is 4.84. The molecule has 5 atom stereocenters. The van der Waals surface area contributed by atoms with Crippen molar-refractivity contribution in [1.29, 1.82) is 0 Å². The molecule has 0 bridgehead atoms. The fraction of sp³-hybridized carbons (Fsp3) is 0.654. The van der Waals surface area contributed by atoms with Gasteiger partial charge in [-0.05, 0) is 56.6 Å². The van der Waals surface area contributed by atoms with Crippen LogP contribution in [0.1, 0.15) is 58.8 Å². The highest BCUT2D eigenvalue weighted by atomic mass is 32.2. The van der Waals surface area contributed by atoms with E-state index in [1.54, 1.807) is 0 Å². The number of Topliss-reactive ketones (excluding diaryl/α,β-unsaturated/α-hetero) is 1. The number of hydrogen-bond acceptors (Lipinski definition) is 9. The second kappa shape index (κ2) is 11.1. The Labute approximate surface area is 222 Å². The van der Waals surface area contributed by atoms with E-state index in [0.29, 0.717) is 38.5 Å². The van der Waals surface area contributed by atoms with Gasteiger partial charge in [-0.25, -0.2) is 8.42 Å². The van der Waals surface area contributed by atoms with E-state index < -0.39 is 38.4 Å². The number of ketones is 1. The molecule has 2 unspecified atom stereocenters. The first-order valence-corrected chi connectivity index (χ1v) is 14.5. The summed E-state index contributed by atoms with van der Waals surface area (Å²) in [5, 5.41) is 11.0. The normalized spacial score (nSPS) is 30.2. The largest absolute Gasteiger partial charge is 0.466 e. The Kier molecular flexibility index (Phi) is 8.22. The third-order valence-electron chi connectivity index (χ3n) is 8.41. The summed E-state index contributed by atoms with van der Waals surface area (Å²) < 4.78 is 39.1. The number of nitrogens with zero attached hydrogens (tertiary/aromatic N) is 2. The van der Waals surface area contributed by atoms with Crippen molar-refractivity contribution in [2.24, 2.45) is 23.2 Å². The van der Waals surface area contributed by atoms with Gasteiger partial charge in [0, 0.05) is 62.7 Å². The molecular formula is C26H34N2O9S. The van der Waals surface area contributed by atoms with Gasteiger partial charge in [0.25, 0.3) is 5.69 Å². The van der Waals surface area contributed by atoms with E-state index in [4.69, 9.17) is 9.47 Å². The van der Waals surface area contributed by atoms with Crippen LogP contribution in [-0.4, -0.2) is 61.2 Å². The van der Waals surface area contributed by atoms with Gasteiger partial charge >= 0.3 is 11.9 Å². The Hall–Kier alpha value is -2.86. The van der Waals surface area contributed by atoms with Crippen molar-refractivity contribution >= 4 is 33.4 Å². The number of rotatable bonds is 6. The zero-order valence-corrected chi connectivity index (χ0v) is 22.5. The Morgan fingerprint density at radius 3 is 2.42 bits per heavy atom. The van der Waals surface area contributed by atoms with E-state index >= 15 is 0 Å². The van der Waals surface area contributed by atoms with Crippen LogP contribution in [0.3, 0.4) is 0 Å². The molecule has 2 aliphatic carbocycles. The highest BCUT2D eigenvalue weighted by Gasteiger charge is 2.61. The van der Waals surface area contributed by atoms with Crippen molar-refractivity contribution in [3.63, 3.8) is 0 Å². The number of sulfonamides is 1. The molecule has 1 spiro atoms. The second-order valence-electron chi connectivity index (χ2n) is 10.7. The van der Waals surface area contributed by atoms with Crippen molar-refractivity contribution in [2.45, 2.75) is 69.8 Å². The SMILES string of the molecule is CC(=O)OCC1CC(=O)C23CCCN(S(=O)(=O)c4ccc([N+](=O)[O-])cc4)CCC[C@@H]2[C@@H](OC(C)=O)C[C@@H]3C1. The van der Waals surface area contributed by atoms with Crippen LogP contribution in [0.5, 0.6) is 0 Å². The summed E-state index contributed by atoms with van der Waals surface area (Å²) in [7, 11) is -3.89. The Morgan fingerprint density at radius 1 is 1.11 bits per heavy atom. The summed E-state index contributed by atoms with van der Waals surface area (Å²) in [4.78, 5) is 47.5. The molecule has 0 N–H and O–H groups in total.